The van der Waals surface area contributed by atoms with E-state index in [1.807, 2.05) is 20.8 Å². The first kappa shape index (κ1) is 14.9. The van der Waals surface area contributed by atoms with Gasteiger partial charge in [0.15, 0.2) is 0 Å². The van der Waals surface area contributed by atoms with E-state index in [0.29, 0.717) is 0 Å². The smallest absolute Gasteiger partial charge is 0.247 e. The Kier molecular flexibility index (Phi) is 5.40. The number of nitrogens with two attached hydrogens (primary N) is 1. The van der Waals surface area contributed by atoms with Gasteiger partial charge in [0.2, 0.25) is 11.8 Å². The van der Waals surface area contributed by atoms with Crippen molar-refractivity contribution in [1.29, 1.82) is 0 Å². The topological polar surface area (TPSA) is 104 Å². The minimum Gasteiger partial charge on any atom is -0.382 e. The van der Waals surface area contributed by atoms with Crippen LogP contribution in [0.5, 0.6) is 0 Å². The molecule has 0 rings (SSSR count). The summed E-state index contributed by atoms with van der Waals surface area (Å²) in [4.78, 5) is 22.1. The second kappa shape index (κ2) is 5.81. The second-order valence-electron chi connectivity index (χ2n) is 4.79. The molecule has 0 aromatic heterocycles. The van der Waals surface area contributed by atoms with Gasteiger partial charge in [-0.25, -0.2) is 0 Å². The zero-order valence-corrected chi connectivity index (χ0v) is 10.2. The minimum absolute atomic E-state index is 0.0337. The predicted octanol–water partition coefficient (Wildman–Crippen LogP) is -1.27. The monoisotopic (exact) mass is 231 g/mol. The van der Waals surface area contributed by atoms with E-state index in [2.05, 4.69) is 10.6 Å². The number of carbonyl (C=O) groups excluding carboxylic acids is 2. The van der Waals surface area contributed by atoms with Crippen molar-refractivity contribution in [2.24, 2.45) is 5.73 Å². The molecule has 5 N–H and O–H groups in total. The van der Waals surface area contributed by atoms with Crippen LogP contribution in [0, 0.1) is 0 Å². The first-order valence-electron chi connectivity index (χ1n) is 5.16. The summed E-state index contributed by atoms with van der Waals surface area (Å²) >= 11 is 0. The summed E-state index contributed by atoms with van der Waals surface area (Å²) in [5, 5.41) is 14.6. The molecule has 6 heteroatoms. The summed E-state index contributed by atoms with van der Waals surface area (Å²) in [7, 11) is 0. The first-order chi connectivity index (χ1) is 7.13. The van der Waals surface area contributed by atoms with Gasteiger partial charge in [-0.05, 0) is 27.7 Å². The van der Waals surface area contributed by atoms with E-state index in [9.17, 15) is 9.59 Å². The largest absolute Gasteiger partial charge is 0.382 e. The molecule has 0 saturated carbocycles. The lowest BCUT2D eigenvalue weighted by Gasteiger charge is -2.24. The van der Waals surface area contributed by atoms with E-state index in [1.54, 1.807) is 6.92 Å². The standard InChI is InChI=1S/C10H21N3O3/c1-6(9(16)13-10(2,3)4)12-5-7(14)8(11)15/h6-7,12,14H,5H2,1-4H3,(H2,11,15)(H,13,16). The molecule has 0 aliphatic carbocycles. The fourth-order valence-electron chi connectivity index (χ4n) is 0.960. The second-order valence-corrected chi connectivity index (χ2v) is 4.79. The van der Waals surface area contributed by atoms with Gasteiger partial charge >= 0.3 is 0 Å². The van der Waals surface area contributed by atoms with E-state index in [1.165, 1.54) is 0 Å². The highest BCUT2D eigenvalue weighted by atomic mass is 16.3. The summed E-state index contributed by atoms with van der Waals surface area (Å²) in [6, 6.07) is -0.492. The zero-order chi connectivity index (χ0) is 12.9. The maximum Gasteiger partial charge on any atom is 0.247 e. The predicted molar refractivity (Wildman–Crippen MR) is 60.6 cm³/mol. The van der Waals surface area contributed by atoms with Crippen LogP contribution in [-0.4, -0.2) is 41.2 Å². The Morgan fingerprint density at radius 2 is 1.88 bits per heavy atom. The third-order valence-electron chi connectivity index (χ3n) is 1.84. The number of carbonyl (C=O) groups is 2. The number of nitrogens with one attached hydrogen (secondary N) is 2. The molecule has 0 saturated heterocycles. The van der Waals surface area contributed by atoms with Crippen LogP contribution < -0.4 is 16.4 Å². The molecule has 0 aromatic carbocycles. The number of hydrogen-bond acceptors (Lipinski definition) is 4. The van der Waals surface area contributed by atoms with Crippen LogP contribution in [0.3, 0.4) is 0 Å². The van der Waals surface area contributed by atoms with Crippen LogP contribution in [0.2, 0.25) is 0 Å². The number of primary amides is 1. The highest BCUT2D eigenvalue weighted by Gasteiger charge is 2.20. The van der Waals surface area contributed by atoms with Gasteiger partial charge in [0.1, 0.15) is 6.10 Å². The first-order valence-corrected chi connectivity index (χ1v) is 5.16. The van der Waals surface area contributed by atoms with E-state index >= 15 is 0 Å². The average molecular weight is 231 g/mol. The van der Waals surface area contributed by atoms with Crippen molar-refractivity contribution < 1.29 is 14.7 Å². The van der Waals surface area contributed by atoms with E-state index in [4.69, 9.17) is 10.8 Å². The van der Waals surface area contributed by atoms with Gasteiger partial charge in [-0.2, -0.15) is 0 Å². The molecule has 0 heterocycles. The highest BCUT2D eigenvalue weighted by molar-refractivity contribution is 5.82. The van der Waals surface area contributed by atoms with Crippen LogP contribution in [0.1, 0.15) is 27.7 Å². The summed E-state index contributed by atoms with van der Waals surface area (Å²) in [6.45, 7) is 7.23. The van der Waals surface area contributed by atoms with Crippen LogP contribution in [0.25, 0.3) is 0 Å². The van der Waals surface area contributed by atoms with Gasteiger partial charge < -0.3 is 21.5 Å². The van der Waals surface area contributed by atoms with Crippen LogP contribution in [0.4, 0.5) is 0 Å². The quantitative estimate of drug-likeness (QED) is 0.473. The molecule has 94 valence electrons. The van der Waals surface area contributed by atoms with Crippen molar-refractivity contribution >= 4 is 11.8 Å². The van der Waals surface area contributed by atoms with Gasteiger partial charge in [0, 0.05) is 12.1 Å². The normalized spacial score (nSPS) is 15.3. The van der Waals surface area contributed by atoms with Crippen LogP contribution in [-0.2, 0) is 9.59 Å². The Bertz CT molecular complexity index is 261. The highest BCUT2D eigenvalue weighted by Crippen LogP contribution is 1.99. The minimum atomic E-state index is -1.27. The van der Waals surface area contributed by atoms with Crippen molar-refractivity contribution in [3.05, 3.63) is 0 Å². The molecule has 0 aromatic rings. The van der Waals surface area contributed by atoms with Crippen LogP contribution in [0.15, 0.2) is 0 Å². The van der Waals surface area contributed by atoms with Crippen molar-refractivity contribution in [1.82, 2.24) is 10.6 Å². The maximum absolute atomic E-state index is 11.6. The fraction of sp³-hybridized carbons (Fsp3) is 0.800. The van der Waals surface area contributed by atoms with E-state index in [-0.39, 0.29) is 18.0 Å². The molecule has 2 unspecified atom stereocenters. The molecule has 0 radical (unpaired) electrons. The molecule has 0 bridgehead atoms. The molecular weight excluding hydrogens is 210 g/mol. The van der Waals surface area contributed by atoms with Gasteiger partial charge in [-0.3, -0.25) is 9.59 Å². The van der Waals surface area contributed by atoms with E-state index in [0.717, 1.165) is 0 Å². The molecule has 2 atom stereocenters. The van der Waals surface area contributed by atoms with E-state index < -0.39 is 18.1 Å². The number of aliphatic hydroxyl groups excluding tert-OH is 1. The summed E-state index contributed by atoms with van der Waals surface area (Å²) < 4.78 is 0. The van der Waals surface area contributed by atoms with Gasteiger partial charge in [0.25, 0.3) is 0 Å². The average Bonchev–Trinajstić information content (AvgIpc) is 2.10. The summed E-state index contributed by atoms with van der Waals surface area (Å²) in [5.74, 6) is -1.000. The zero-order valence-electron chi connectivity index (χ0n) is 10.2. The lowest BCUT2D eigenvalue weighted by Crippen LogP contribution is -2.51. The molecule has 0 fully saturated rings. The molecular formula is C10H21N3O3. The Morgan fingerprint density at radius 3 is 2.25 bits per heavy atom. The molecule has 0 aliphatic heterocycles. The van der Waals surface area contributed by atoms with Crippen LogP contribution >= 0.6 is 0 Å². The Balaban J connectivity index is 4.02. The van der Waals surface area contributed by atoms with Crippen molar-refractivity contribution in [2.45, 2.75) is 45.4 Å². The van der Waals surface area contributed by atoms with Gasteiger partial charge in [0.05, 0.1) is 6.04 Å². The lowest BCUT2D eigenvalue weighted by molar-refractivity contribution is -0.127. The molecule has 0 spiro atoms. The maximum atomic E-state index is 11.6. The molecule has 6 nitrogen and oxygen atoms in total. The Hall–Kier alpha value is -1.14. The van der Waals surface area contributed by atoms with Crippen molar-refractivity contribution in [3.8, 4) is 0 Å². The number of aliphatic hydroxyl groups is 1. The summed E-state index contributed by atoms with van der Waals surface area (Å²) in [6.07, 6.45) is -1.27. The Morgan fingerprint density at radius 1 is 1.38 bits per heavy atom. The third-order valence-corrected chi connectivity index (χ3v) is 1.84. The van der Waals surface area contributed by atoms with Crippen molar-refractivity contribution in [2.75, 3.05) is 6.54 Å². The number of rotatable bonds is 5. The molecule has 2 amide bonds. The third kappa shape index (κ3) is 6.36. The van der Waals surface area contributed by atoms with Gasteiger partial charge in [-0.1, -0.05) is 0 Å². The Labute approximate surface area is 95.6 Å². The van der Waals surface area contributed by atoms with Crippen molar-refractivity contribution in [3.63, 3.8) is 0 Å². The lowest BCUT2D eigenvalue weighted by atomic mass is 10.1. The fourth-order valence-corrected chi connectivity index (χ4v) is 0.960. The van der Waals surface area contributed by atoms with Gasteiger partial charge in [-0.15, -0.1) is 0 Å². The molecule has 16 heavy (non-hydrogen) atoms. The SMILES string of the molecule is CC(NCC(O)C(N)=O)C(=O)NC(C)(C)C. The molecule has 0 aliphatic rings. The number of hydrogen-bond donors (Lipinski definition) is 4. The number of amides is 2. The summed E-state index contributed by atoms with van der Waals surface area (Å²) in [5.41, 5.74) is 4.56.